The average Bonchev–Trinajstić information content (AvgIpc) is 3.20. The number of fused-ring (bicyclic) bond motifs is 1. The zero-order chi connectivity index (χ0) is 17.6. The summed E-state index contributed by atoms with van der Waals surface area (Å²) in [6.45, 7) is 6.54. The number of carbonyl (C=O) groups excluding carboxylic acids is 1. The van der Waals surface area contributed by atoms with Crippen molar-refractivity contribution in [2.75, 3.05) is 20.3 Å². The highest BCUT2D eigenvalue weighted by Crippen LogP contribution is 2.35. The third-order valence-electron chi connectivity index (χ3n) is 5.20. The van der Waals surface area contributed by atoms with Crippen LogP contribution in [0.25, 0.3) is 0 Å². The molecular formula is C19H25N3O3. The maximum absolute atomic E-state index is 13.0. The first-order chi connectivity index (χ1) is 12.1. The van der Waals surface area contributed by atoms with Crippen molar-refractivity contribution < 1.29 is 13.9 Å². The van der Waals surface area contributed by atoms with Gasteiger partial charge in [0.25, 0.3) is 5.91 Å². The summed E-state index contributed by atoms with van der Waals surface area (Å²) in [4.78, 5) is 19.5. The van der Waals surface area contributed by atoms with E-state index in [2.05, 4.69) is 9.55 Å². The van der Waals surface area contributed by atoms with Gasteiger partial charge in [-0.15, -0.1) is 0 Å². The molecule has 0 unspecified atom stereocenters. The van der Waals surface area contributed by atoms with E-state index < -0.39 is 0 Å². The summed E-state index contributed by atoms with van der Waals surface area (Å²) < 4.78 is 13.3. The topological polar surface area (TPSA) is 60.5 Å². The van der Waals surface area contributed by atoms with Gasteiger partial charge in [-0.25, -0.2) is 4.98 Å². The Morgan fingerprint density at radius 1 is 1.40 bits per heavy atom. The van der Waals surface area contributed by atoms with Crippen LogP contribution in [0.4, 0.5) is 0 Å². The lowest BCUT2D eigenvalue weighted by atomic mass is 9.98. The molecule has 1 atom stereocenters. The number of ether oxygens (including phenoxy) is 1. The second-order valence-corrected chi connectivity index (χ2v) is 7.34. The lowest BCUT2D eigenvalue weighted by Gasteiger charge is -2.33. The fourth-order valence-corrected chi connectivity index (χ4v) is 3.85. The Bertz CT molecular complexity index is 788. The van der Waals surface area contributed by atoms with E-state index in [0.29, 0.717) is 31.0 Å². The van der Waals surface area contributed by atoms with Crippen LogP contribution < -0.4 is 0 Å². The van der Waals surface area contributed by atoms with Crippen molar-refractivity contribution in [1.82, 2.24) is 14.5 Å². The number of carbonyl (C=O) groups is 1. The number of furan rings is 1. The molecule has 1 fully saturated rings. The molecule has 0 bridgehead atoms. The van der Waals surface area contributed by atoms with Crippen LogP contribution in [0, 0.1) is 19.8 Å². The van der Waals surface area contributed by atoms with Crippen LogP contribution in [0.2, 0.25) is 0 Å². The van der Waals surface area contributed by atoms with Crippen molar-refractivity contribution in [2.45, 2.75) is 45.7 Å². The van der Waals surface area contributed by atoms with E-state index in [1.807, 2.05) is 31.1 Å². The first-order valence-electron chi connectivity index (χ1n) is 8.96. The van der Waals surface area contributed by atoms with E-state index in [-0.39, 0.29) is 11.8 Å². The second-order valence-electron chi connectivity index (χ2n) is 7.34. The minimum absolute atomic E-state index is 0.0119. The molecule has 0 aromatic carbocycles. The van der Waals surface area contributed by atoms with Gasteiger partial charge in [0.2, 0.25) is 0 Å². The Labute approximate surface area is 147 Å². The van der Waals surface area contributed by atoms with Crippen molar-refractivity contribution >= 4 is 5.91 Å². The molecule has 6 heteroatoms. The molecule has 1 aliphatic heterocycles. The van der Waals surface area contributed by atoms with E-state index in [1.54, 1.807) is 7.11 Å². The highest BCUT2D eigenvalue weighted by atomic mass is 16.5. The molecule has 3 heterocycles. The molecule has 2 aliphatic rings. The van der Waals surface area contributed by atoms with Crippen LogP contribution >= 0.6 is 0 Å². The van der Waals surface area contributed by atoms with Gasteiger partial charge in [0, 0.05) is 31.8 Å². The highest BCUT2D eigenvalue weighted by Gasteiger charge is 2.34. The smallest absolute Gasteiger partial charge is 0.257 e. The molecule has 25 heavy (non-hydrogen) atoms. The van der Waals surface area contributed by atoms with Crippen molar-refractivity contribution in [3.05, 3.63) is 40.9 Å². The summed E-state index contributed by atoms with van der Waals surface area (Å²) in [5, 5.41) is 0. The normalized spacial score (nSPS) is 20.0. The van der Waals surface area contributed by atoms with Gasteiger partial charge >= 0.3 is 0 Å². The third-order valence-corrected chi connectivity index (χ3v) is 5.20. The van der Waals surface area contributed by atoms with Crippen molar-refractivity contribution in [2.24, 2.45) is 5.92 Å². The van der Waals surface area contributed by atoms with Crippen molar-refractivity contribution in [3.8, 4) is 0 Å². The minimum Gasteiger partial charge on any atom is -0.466 e. The summed E-state index contributed by atoms with van der Waals surface area (Å²) >= 11 is 0. The number of hydrogen-bond donors (Lipinski definition) is 0. The van der Waals surface area contributed by atoms with E-state index >= 15 is 0 Å². The van der Waals surface area contributed by atoms with Gasteiger partial charge in [0.05, 0.1) is 30.7 Å². The van der Waals surface area contributed by atoms with Gasteiger partial charge in [-0.05, 0) is 38.7 Å². The van der Waals surface area contributed by atoms with Crippen LogP contribution in [0.3, 0.4) is 0 Å². The number of imidazole rings is 1. The Morgan fingerprint density at radius 3 is 2.84 bits per heavy atom. The van der Waals surface area contributed by atoms with E-state index in [0.717, 1.165) is 23.9 Å². The first-order valence-corrected chi connectivity index (χ1v) is 8.96. The number of aromatic nitrogens is 2. The van der Waals surface area contributed by atoms with Crippen molar-refractivity contribution in [3.63, 3.8) is 0 Å². The predicted molar refractivity (Wildman–Crippen MR) is 92.5 cm³/mol. The van der Waals surface area contributed by atoms with Crippen LogP contribution in [0.1, 0.15) is 52.0 Å². The number of aryl methyl sites for hydroxylation is 2. The minimum atomic E-state index is 0.0119. The summed E-state index contributed by atoms with van der Waals surface area (Å²) in [5.41, 5.74) is 2.90. The van der Waals surface area contributed by atoms with Gasteiger partial charge in [-0.3, -0.25) is 4.79 Å². The first kappa shape index (κ1) is 16.4. The Morgan fingerprint density at radius 2 is 2.20 bits per heavy atom. The Balaban J connectivity index is 1.61. The van der Waals surface area contributed by atoms with Crippen LogP contribution in [-0.4, -0.2) is 40.6 Å². The molecule has 0 N–H and O–H groups in total. The second kappa shape index (κ2) is 6.33. The molecule has 2 aromatic heterocycles. The van der Waals surface area contributed by atoms with Gasteiger partial charge in [-0.1, -0.05) is 0 Å². The van der Waals surface area contributed by atoms with Gasteiger partial charge in [0.15, 0.2) is 0 Å². The Kier molecular flexibility index (Phi) is 4.15. The number of hydrogen-bond acceptors (Lipinski definition) is 4. The molecule has 1 aliphatic carbocycles. The number of rotatable bonds is 5. The maximum Gasteiger partial charge on any atom is 0.257 e. The van der Waals surface area contributed by atoms with E-state index in [1.165, 1.54) is 18.5 Å². The largest absolute Gasteiger partial charge is 0.466 e. The van der Waals surface area contributed by atoms with E-state index in [4.69, 9.17) is 9.15 Å². The standard InChI is InChI=1S/C19H25N3O3/c1-12-6-16(13(2)25-12)19(23)21-8-15(10-24-3)18-17(9-21)20-11-22(18)7-14-4-5-14/h6,11,14-15H,4-5,7-10H2,1-3H3/t15-/m1/s1. The molecule has 1 saturated carbocycles. The average molecular weight is 343 g/mol. The molecule has 6 nitrogen and oxygen atoms in total. The molecule has 4 rings (SSSR count). The summed E-state index contributed by atoms with van der Waals surface area (Å²) in [7, 11) is 1.71. The SMILES string of the molecule is COC[C@H]1CN(C(=O)c2cc(C)oc2C)Cc2ncn(CC3CC3)c21. The lowest BCUT2D eigenvalue weighted by Crippen LogP contribution is -2.40. The molecule has 2 aromatic rings. The fourth-order valence-electron chi connectivity index (χ4n) is 3.85. The van der Waals surface area contributed by atoms with E-state index in [9.17, 15) is 4.79 Å². The molecule has 0 radical (unpaired) electrons. The van der Waals surface area contributed by atoms with Gasteiger partial charge in [-0.2, -0.15) is 0 Å². The van der Waals surface area contributed by atoms with Gasteiger partial charge < -0.3 is 18.6 Å². The maximum atomic E-state index is 13.0. The lowest BCUT2D eigenvalue weighted by molar-refractivity contribution is 0.0670. The number of nitrogens with zero attached hydrogens (tertiary/aromatic N) is 3. The zero-order valence-electron chi connectivity index (χ0n) is 15.1. The molecule has 1 amide bonds. The molecule has 0 spiro atoms. The van der Waals surface area contributed by atoms with Gasteiger partial charge in [0.1, 0.15) is 11.5 Å². The summed E-state index contributed by atoms with van der Waals surface area (Å²) in [6.07, 6.45) is 4.56. The highest BCUT2D eigenvalue weighted by molar-refractivity contribution is 5.95. The molecule has 0 saturated heterocycles. The number of amides is 1. The summed E-state index contributed by atoms with van der Waals surface area (Å²) in [6, 6.07) is 1.82. The van der Waals surface area contributed by atoms with Crippen LogP contribution in [-0.2, 0) is 17.8 Å². The van der Waals surface area contributed by atoms with Crippen LogP contribution in [0.5, 0.6) is 0 Å². The number of methoxy groups -OCH3 is 1. The molecular weight excluding hydrogens is 318 g/mol. The fraction of sp³-hybridized carbons (Fsp3) is 0.579. The third kappa shape index (κ3) is 3.11. The quantitative estimate of drug-likeness (QED) is 0.837. The molecule has 134 valence electrons. The monoisotopic (exact) mass is 343 g/mol. The zero-order valence-corrected chi connectivity index (χ0v) is 15.1. The predicted octanol–water partition coefficient (Wildman–Crippen LogP) is 2.89. The van der Waals surface area contributed by atoms with Crippen molar-refractivity contribution in [1.29, 1.82) is 0 Å². The van der Waals surface area contributed by atoms with Crippen LogP contribution in [0.15, 0.2) is 16.8 Å². The summed E-state index contributed by atoms with van der Waals surface area (Å²) in [5.74, 6) is 2.40. The Hall–Kier alpha value is -2.08.